The molecular weight excluding hydrogens is 164 g/mol. The Labute approximate surface area is 79.3 Å². The van der Waals surface area contributed by atoms with Gasteiger partial charge >= 0.3 is 0 Å². The first-order valence-electron chi connectivity index (χ1n) is 5.44. The predicted octanol–water partition coefficient (Wildman–Crippen LogP) is 1.91. The summed E-state index contributed by atoms with van der Waals surface area (Å²) in [6, 6.07) is 0. The van der Waals surface area contributed by atoms with Crippen molar-refractivity contribution in [2.45, 2.75) is 44.9 Å². The van der Waals surface area contributed by atoms with Crippen molar-refractivity contribution in [1.29, 1.82) is 0 Å². The SMILES string of the molecule is O=C1CCC[C@@H]2CCCC[C@@]12CO. The van der Waals surface area contributed by atoms with Gasteiger partial charge in [-0.1, -0.05) is 12.8 Å². The van der Waals surface area contributed by atoms with Crippen molar-refractivity contribution in [3.8, 4) is 0 Å². The summed E-state index contributed by atoms with van der Waals surface area (Å²) in [6.07, 6.45) is 7.39. The van der Waals surface area contributed by atoms with Crippen molar-refractivity contribution >= 4 is 5.78 Å². The second-order valence-corrected chi connectivity index (χ2v) is 4.57. The van der Waals surface area contributed by atoms with Crippen LogP contribution < -0.4 is 0 Å². The van der Waals surface area contributed by atoms with Crippen molar-refractivity contribution in [2.24, 2.45) is 11.3 Å². The molecule has 0 unspecified atom stereocenters. The molecule has 1 N–H and O–H groups in total. The molecule has 2 rings (SSSR count). The van der Waals surface area contributed by atoms with Gasteiger partial charge in [-0.15, -0.1) is 0 Å². The van der Waals surface area contributed by atoms with Crippen LogP contribution in [0.5, 0.6) is 0 Å². The molecule has 0 amide bonds. The Bertz CT molecular complexity index is 210. The summed E-state index contributed by atoms with van der Waals surface area (Å²) in [5.74, 6) is 0.832. The van der Waals surface area contributed by atoms with Crippen molar-refractivity contribution in [2.75, 3.05) is 6.61 Å². The number of fused-ring (bicyclic) bond motifs is 1. The average Bonchev–Trinajstić information content (AvgIpc) is 2.19. The van der Waals surface area contributed by atoms with E-state index < -0.39 is 0 Å². The predicted molar refractivity (Wildman–Crippen MR) is 50.3 cm³/mol. The Morgan fingerprint density at radius 3 is 2.77 bits per heavy atom. The van der Waals surface area contributed by atoms with E-state index in [-0.39, 0.29) is 12.0 Å². The number of rotatable bonds is 1. The smallest absolute Gasteiger partial charge is 0.141 e. The van der Waals surface area contributed by atoms with Crippen LogP contribution in [0.25, 0.3) is 0 Å². The highest BCUT2D eigenvalue weighted by atomic mass is 16.3. The van der Waals surface area contributed by atoms with Gasteiger partial charge in [0.1, 0.15) is 5.78 Å². The van der Waals surface area contributed by atoms with Gasteiger partial charge in [0.25, 0.3) is 0 Å². The molecule has 2 saturated carbocycles. The van der Waals surface area contributed by atoms with Gasteiger partial charge in [-0.3, -0.25) is 4.79 Å². The standard InChI is InChI=1S/C11H18O2/c12-8-11-7-2-1-4-9(11)5-3-6-10(11)13/h9,12H,1-8H2/t9-,11-/m0/s1. The van der Waals surface area contributed by atoms with Crippen LogP contribution in [0.1, 0.15) is 44.9 Å². The van der Waals surface area contributed by atoms with E-state index in [0.717, 1.165) is 32.1 Å². The molecule has 0 radical (unpaired) electrons. The first-order valence-corrected chi connectivity index (χ1v) is 5.44. The maximum Gasteiger partial charge on any atom is 0.141 e. The second kappa shape index (κ2) is 3.41. The molecule has 0 heterocycles. The second-order valence-electron chi connectivity index (χ2n) is 4.57. The average molecular weight is 182 g/mol. The van der Waals surface area contributed by atoms with Crippen molar-refractivity contribution in [1.82, 2.24) is 0 Å². The highest BCUT2D eigenvalue weighted by molar-refractivity contribution is 5.86. The third-order valence-electron chi connectivity index (χ3n) is 4.00. The van der Waals surface area contributed by atoms with E-state index in [0.29, 0.717) is 18.1 Å². The molecule has 2 heteroatoms. The van der Waals surface area contributed by atoms with Gasteiger partial charge in [-0.05, 0) is 31.6 Å². The maximum atomic E-state index is 11.8. The van der Waals surface area contributed by atoms with E-state index in [2.05, 4.69) is 0 Å². The van der Waals surface area contributed by atoms with Gasteiger partial charge < -0.3 is 5.11 Å². The molecule has 13 heavy (non-hydrogen) atoms. The number of carbonyl (C=O) groups excluding carboxylic acids is 1. The third kappa shape index (κ3) is 1.32. The Kier molecular flexibility index (Phi) is 2.41. The zero-order chi connectivity index (χ0) is 9.31. The molecule has 74 valence electrons. The Morgan fingerprint density at radius 1 is 1.31 bits per heavy atom. The van der Waals surface area contributed by atoms with Gasteiger partial charge in [0.05, 0.1) is 12.0 Å². The van der Waals surface area contributed by atoms with E-state index in [1.54, 1.807) is 0 Å². The van der Waals surface area contributed by atoms with Crippen LogP contribution >= 0.6 is 0 Å². The zero-order valence-corrected chi connectivity index (χ0v) is 8.09. The monoisotopic (exact) mass is 182 g/mol. The van der Waals surface area contributed by atoms with Gasteiger partial charge in [0.2, 0.25) is 0 Å². The van der Waals surface area contributed by atoms with Crippen molar-refractivity contribution in [3.05, 3.63) is 0 Å². The van der Waals surface area contributed by atoms with Crippen LogP contribution in [-0.4, -0.2) is 17.5 Å². The molecule has 0 aliphatic heterocycles. The summed E-state index contributed by atoms with van der Waals surface area (Å²) < 4.78 is 0. The highest BCUT2D eigenvalue weighted by Gasteiger charge is 2.47. The van der Waals surface area contributed by atoms with Crippen LogP contribution in [0.3, 0.4) is 0 Å². The molecule has 0 aromatic rings. The lowest BCUT2D eigenvalue weighted by Gasteiger charge is -2.44. The number of carbonyl (C=O) groups is 1. The van der Waals surface area contributed by atoms with Crippen LogP contribution in [0, 0.1) is 11.3 Å². The molecule has 2 fully saturated rings. The summed E-state index contributed by atoms with van der Waals surface area (Å²) in [5, 5.41) is 9.43. The summed E-state index contributed by atoms with van der Waals surface area (Å²) in [5.41, 5.74) is -0.309. The first kappa shape index (κ1) is 9.20. The molecule has 0 bridgehead atoms. The van der Waals surface area contributed by atoms with Gasteiger partial charge in [-0.2, -0.15) is 0 Å². The van der Waals surface area contributed by atoms with E-state index in [4.69, 9.17) is 0 Å². The van der Waals surface area contributed by atoms with Crippen LogP contribution in [0.4, 0.5) is 0 Å². The van der Waals surface area contributed by atoms with Gasteiger partial charge in [-0.25, -0.2) is 0 Å². The van der Waals surface area contributed by atoms with E-state index in [1.807, 2.05) is 0 Å². The molecule has 0 saturated heterocycles. The fraction of sp³-hybridized carbons (Fsp3) is 0.909. The Hall–Kier alpha value is -0.370. The fourth-order valence-corrected chi connectivity index (χ4v) is 3.15. The van der Waals surface area contributed by atoms with Gasteiger partial charge in [0.15, 0.2) is 0 Å². The number of aliphatic hydroxyl groups excluding tert-OH is 1. The fourth-order valence-electron chi connectivity index (χ4n) is 3.15. The first-order chi connectivity index (χ1) is 6.29. The van der Waals surface area contributed by atoms with Crippen molar-refractivity contribution in [3.63, 3.8) is 0 Å². The third-order valence-corrected chi connectivity index (χ3v) is 4.00. The van der Waals surface area contributed by atoms with Crippen LogP contribution in [0.2, 0.25) is 0 Å². The quantitative estimate of drug-likeness (QED) is 0.672. The van der Waals surface area contributed by atoms with Crippen LogP contribution in [0.15, 0.2) is 0 Å². The normalized spacial score (nSPS) is 40.1. The number of hydrogen-bond acceptors (Lipinski definition) is 2. The minimum Gasteiger partial charge on any atom is -0.395 e. The van der Waals surface area contributed by atoms with Crippen molar-refractivity contribution < 1.29 is 9.90 Å². The molecule has 0 aromatic heterocycles. The lowest BCUT2D eigenvalue weighted by Crippen LogP contribution is -2.46. The van der Waals surface area contributed by atoms with E-state index >= 15 is 0 Å². The van der Waals surface area contributed by atoms with Gasteiger partial charge in [0, 0.05) is 6.42 Å². The van der Waals surface area contributed by atoms with E-state index in [9.17, 15) is 9.90 Å². The minimum absolute atomic E-state index is 0.0938. The lowest BCUT2D eigenvalue weighted by atomic mass is 9.59. The summed E-state index contributed by atoms with van der Waals surface area (Å²) in [6.45, 7) is 0.0938. The Balaban J connectivity index is 2.23. The number of hydrogen-bond donors (Lipinski definition) is 1. The molecular formula is C11H18O2. The largest absolute Gasteiger partial charge is 0.395 e. The molecule has 0 aromatic carbocycles. The molecule has 2 aliphatic rings. The molecule has 2 nitrogen and oxygen atoms in total. The Morgan fingerprint density at radius 2 is 2.08 bits per heavy atom. The highest BCUT2D eigenvalue weighted by Crippen LogP contribution is 2.47. The maximum absolute atomic E-state index is 11.8. The molecule has 2 atom stereocenters. The molecule has 2 aliphatic carbocycles. The zero-order valence-electron chi connectivity index (χ0n) is 8.09. The number of ketones is 1. The summed E-state index contributed by atoms with van der Waals surface area (Å²) >= 11 is 0. The number of Topliss-reactive ketones (excluding diaryl/α,β-unsaturated/α-hetero) is 1. The lowest BCUT2D eigenvalue weighted by molar-refractivity contribution is -0.141. The molecule has 0 spiro atoms. The van der Waals surface area contributed by atoms with E-state index in [1.165, 1.54) is 6.42 Å². The minimum atomic E-state index is -0.309. The number of aliphatic hydroxyl groups is 1. The summed E-state index contributed by atoms with van der Waals surface area (Å²) in [4.78, 5) is 11.8. The van der Waals surface area contributed by atoms with Crippen LogP contribution in [-0.2, 0) is 4.79 Å². The topological polar surface area (TPSA) is 37.3 Å². The summed E-state index contributed by atoms with van der Waals surface area (Å²) in [7, 11) is 0.